The van der Waals surface area contributed by atoms with E-state index in [1.165, 1.54) is 10.4 Å². The lowest BCUT2D eigenvalue weighted by Gasteiger charge is -2.12. The van der Waals surface area contributed by atoms with Gasteiger partial charge in [-0.2, -0.15) is 5.10 Å². The second kappa shape index (κ2) is 6.98. The Hall–Kier alpha value is -0.980. The molecule has 2 rings (SSSR count). The maximum atomic E-state index is 11.1. The van der Waals surface area contributed by atoms with Crippen LogP contribution in [-0.4, -0.2) is 32.5 Å². The molecule has 2 N–H and O–H groups in total. The van der Waals surface area contributed by atoms with Crippen molar-refractivity contribution in [3.05, 3.63) is 29.3 Å². The highest BCUT2D eigenvalue weighted by atomic mass is 32.2. The molecule has 2 unspecified atom stereocenters. The van der Waals surface area contributed by atoms with Crippen molar-refractivity contribution in [2.75, 3.05) is 12.0 Å². The van der Waals surface area contributed by atoms with Crippen LogP contribution in [0.2, 0.25) is 0 Å². The molecule has 2 heterocycles. The Bertz CT molecular complexity index is 522. The topological polar surface area (TPSA) is 57.8 Å². The number of aromatic nitrogens is 2. The summed E-state index contributed by atoms with van der Waals surface area (Å²) in [6.45, 7) is 2.90. The lowest BCUT2D eigenvalue weighted by Crippen LogP contribution is -2.27. The largest absolute Gasteiger partial charge is 0.310 e. The molecule has 2 atom stereocenters. The Labute approximate surface area is 120 Å². The van der Waals surface area contributed by atoms with Crippen molar-refractivity contribution in [3.63, 3.8) is 0 Å². The first-order chi connectivity index (χ1) is 9.16. The fraction of sp³-hybridized carbons (Fsp3) is 0.462. The van der Waals surface area contributed by atoms with Gasteiger partial charge in [0.1, 0.15) is 0 Å². The summed E-state index contributed by atoms with van der Waals surface area (Å²) in [6, 6.07) is 4.48. The van der Waals surface area contributed by atoms with Crippen molar-refractivity contribution in [1.29, 1.82) is 0 Å². The van der Waals surface area contributed by atoms with Gasteiger partial charge in [0.15, 0.2) is 0 Å². The highest BCUT2D eigenvalue weighted by Crippen LogP contribution is 2.25. The van der Waals surface area contributed by atoms with E-state index in [2.05, 4.69) is 33.9 Å². The third-order valence-electron chi connectivity index (χ3n) is 2.96. The van der Waals surface area contributed by atoms with Crippen LogP contribution in [0, 0.1) is 0 Å². The second-order valence-electron chi connectivity index (χ2n) is 4.60. The van der Waals surface area contributed by atoms with Crippen LogP contribution in [0.5, 0.6) is 0 Å². The summed E-state index contributed by atoms with van der Waals surface area (Å²) in [6.07, 6.45) is 4.54. The number of thiophene rings is 1. The van der Waals surface area contributed by atoms with Gasteiger partial charge < -0.3 is 5.32 Å². The second-order valence-corrected chi connectivity index (χ2v) is 7.10. The summed E-state index contributed by atoms with van der Waals surface area (Å²) in [5.74, 6) is 0.747. The molecule has 19 heavy (non-hydrogen) atoms. The third-order valence-corrected chi connectivity index (χ3v) is 4.66. The van der Waals surface area contributed by atoms with Crippen LogP contribution in [0.1, 0.15) is 18.9 Å². The number of H-pyrrole nitrogens is 1. The zero-order chi connectivity index (χ0) is 13.7. The van der Waals surface area contributed by atoms with Crippen molar-refractivity contribution in [1.82, 2.24) is 15.5 Å². The van der Waals surface area contributed by atoms with Crippen molar-refractivity contribution >= 4 is 22.1 Å². The van der Waals surface area contributed by atoms with E-state index < -0.39 is 10.8 Å². The van der Waals surface area contributed by atoms with Gasteiger partial charge >= 0.3 is 0 Å². The van der Waals surface area contributed by atoms with Crippen LogP contribution >= 0.6 is 11.3 Å². The molecule has 0 spiro atoms. The average Bonchev–Trinajstić information content (AvgIpc) is 3.03. The minimum Gasteiger partial charge on any atom is -0.310 e. The molecule has 0 fully saturated rings. The molecule has 0 aliphatic heterocycles. The quantitative estimate of drug-likeness (QED) is 0.825. The van der Waals surface area contributed by atoms with E-state index in [-0.39, 0.29) is 0 Å². The molecule has 6 heteroatoms. The standard InChI is InChI=1S/C13H19N3OS2/c1-10(5-7-19(2)17)14-8-11-9-15-16-13(11)12-4-3-6-18-12/h3-4,6,9-10,14H,5,7-8H2,1-2H3,(H,15,16). The SMILES string of the molecule is CC(CCS(C)=O)NCc1cn[nH]c1-c1cccs1. The maximum Gasteiger partial charge on any atom is 0.0794 e. The van der Waals surface area contributed by atoms with E-state index in [0.29, 0.717) is 6.04 Å². The summed E-state index contributed by atoms with van der Waals surface area (Å²) in [7, 11) is -0.712. The molecule has 2 aromatic rings. The number of hydrogen-bond donors (Lipinski definition) is 2. The van der Waals surface area contributed by atoms with E-state index in [4.69, 9.17) is 0 Å². The van der Waals surface area contributed by atoms with E-state index in [0.717, 1.165) is 24.4 Å². The van der Waals surface area contributed by atoms with Gasteiger partial charge in [0.2, 0.25) is 0 Å². The summed E-state index contributed by atoms with van der Waals surface area (Å²) in [5, 5.41) is 12.7. The molecule has 0 saturated heterocycles. The normalized spacial score (nSPS) is 14.4. The molecule has 4 nitrogen and oxygen atoms in total. The van der Waals surface area contributed by atoms with Gasteiger partial charge in [-0.25, -0.2) is 0 Å². The molecular weight excluding hydrogens is 278 g/mol. The first kappa shape index (κ1) is 14.4. The predicted molar refractivity (Wildman–Crippen MR) is 81.8 cm³/mol. The van der Waals surface area contributed by atoms with Crippen LogP contribution in [0.3, 0.4) is 0 Å². The molecule has 0 aliphatic carbocycles. The number of rotatable bonds is 7. The minimum atomic E-state index is -0.712. The van der Waals surface area contributed by atoms with Gasteiger partial charge in [-0.15, -0.1) is 11.3 Å². The Kier molecular flexibility index (Phi) is 5.30. The highest BCUT2D eigenvalue weighted by Gasteiger charge is 2.10. The number of hydrogen-bond acceptors (Lipinski definition) is 4. The van der Waals surface area contributed by atoms with Gasteiger partial charge in [0, 0.05) is 41.0 Å². The molecule has 0 amide bonds. The summed E-state index contributed by atoms with van der Waals surface area (Å²) >= 11 is 1.70. The first-order valence-electron chi connectivity index (χ1n) is 6.26. The zero-order valence-corrected chi connectivity index (χ0v) is 12.8. The molecule has 0 aromatic carbocycles. The van der Waals surface area contributed by atoms with Crippen LogP contribution in [-0.2, 0) is 17.3 Å². The van der Waals surface area contributed by atoms with Crippen LogP contribution < -0.4 is 5.32 Å². The van der Waals surface area contributed by atoms with Crippen LogP contribution in [0.15, 0.2) is 23.7 Å². The van der Waals surface area contributed by atoms with Gasteiger partial charge in [-0.1, -0.05) is 6.07 Å². The monoisotopic (exact) mass is 297 g/mol. The van der Waals surface area contributed by atoms with E-state index in [9.17, 15) is 4.21 Å². The summed E-state index contributed by atoms with van der Waals surface area (Å²) in [4.78, 5) is 1.21. The fourth-order valence-electron chi connectivity index (χ4n) is 1.81. The highest BCUT2D eigenvalue weighted by molar-refractivity contribution is 7.84. The number of nitrogens with zero attached hydrogens (tertiary/aromatic N) is 1. The smallest absolute Gasteiger partial charge is 0.0794 e. The van der Waals surface area contributed by atoms with E-state index in [1.807, 2.05) is 12.3 Å². The lowest BCUT2D eigenvalue weighted by atomic mass is 10.2. The van der Waals surface area contributed by atoms with Gasteiger partial charge in [0.25, 0.3) is 0 Å². The molecule has 0 aliphatic rings. The average molecular weight is 297 g/mol. The third kappa shape index (κ3) is 4.26. The Morgan fingerprint density at radius 3 is 3.11 bits per heavy atom. The maximum absolute atomic E-state index is 11.1. The Balaban J connectivity index is 1.90. The Morgan fingerprint density at radius 2 is 2.42 bits per heavy atom. The number of aromatic amines is 1. The molecular formula is C13H19N3OS2. The lowest BCUT2D eigenvalue weighted by molar-refractivity contribution is 0.535. The summed E-state index contributed by atoms with van der Waals surface area (Å²) < 4.78 is 11.1. The van der Waals surface area contributed by atoms with Gasteiger partial charge in [-0.05, 0) is 24.8 Å². The molecule has 0 saturated carbocycles. The zero-order valence-electron chi connectivity index (χ0n) is 11.2. The van der Waals surface area contributed by atoms with Crippen LogP contribution in [0.25, 0.3) is 10.6 Å². The van der Waals surface area contributed by atoms with Crippen molar-refractivity contribution < 1.29 is 4.21 Å². The molecule has 2 aromatic heterocycles. The van der Waals surface area contributed by atoms with Crippen molar-refractivity contribution in [3.8, 4) is 10.6 Å². The van der Waals surface area contributed by atoms with Crippen molar-refractivity contribution in [2.45, 2.75) is 25.9 Å². The fourth-order valence-corrected chi connectivity index (χ4v) is 3.25. The van der Waals surface area contributed by atoms with Gasteiger partial charge in [0.05, 0.1) is 16.8 Å². The van der Waals surface area contributed by atoms with Gasteiger partial charge in [-0.3, -0.25) is 9.31 Å². The first-order valence-corrected chi connectivity index (χ1v) is 8.87. The van der Waals surface area contributed by atoms with E-state index >= 15 is 0 Å². The predicted octanol–water partition coefficient (Wildman–Crippen LogP) is 2.38. The number of nitrogens with one attached hydrogen (secondary N) is 2. The van der Waals surface area contributed by atoms with Crippen LogP contribution in [0.4, 0.5) is 0 Å². The minimum absolute atomic E-state index is 0.356. The van der Waals surface area contributed by atoms with Crippen molar-refractivity contribution in [2.24, 2.45) is 0 Å². The molecule has 0 radical (unpaired) electrons. The summed E-state index contributed by atoms with van der Waals surface area (Å²) in [5.41, 5.74) is 2.26. The molecule has 104 valence electrons. The molecule has 0 bridgehead atoms. The Morgan fingerprint density at radius 1 is 1.58 bits per heavy atom. The van der Waals surface area contributed by atoms with E-state index in [1.54, 1.807) is 17.6 Å².